The Morgan fingerprint density at radius 1 is 1.03 bits per heavy atom. The maximum absolute atomic E-state index is 12.9. The normalized spacial score (nSPS) is 25.8. The average Bonchev–Trinajstić information content (AvgIpc) is 2.78. The molecule has 3 rings (SSSR count). The minimum atomic E-state index is -1.61. The minimum Gasteiger partial charge on any atom is -0.508 e. The number of rotatable bonds is 8. The molecule has 0 unspecified atom stereocenters. The topological polar surface area (TPSA) is 146 Å². The number of methoxy groups -OCH3 is 1. The number of hydrogen-bond acceptors (Lipinski definition) is 9. The van der Waals surface area contributed by atoms with E-state index in [1.165, 1.54) is 19.2 Å². The van der Waals surface area contributed by atoms with E-state index >= 15 is 0 Å². The molecule has 2 aromatic rings. The molecule has 0 aromatic heterocycles. The molecule has 2 aromatic carbocycles. The number of phenolic OH excluding ortho intramolecular Hbond substituents is 1. The first-order valence-corrected chi connectivity index (χ1v) is 9.80. The Hall–Kier alpha value is -2.69. The minimum absolute atomic E-state index is 0.0689. The number of benzene rings is 2. The smallest absolute Gasteiger partial charge is 0.229 e. The van der Waals surface area contributed by atoms with Crippen LogP contribution >= 0.6 is 0 Å². The molecule has 9 nitrogen and oxygen atoms in total. The molecule has 9 heteroatoms. The summed E-state index contributed by atoms with van der Waals surface area (Å²) in [5.74, 6) is 0.366. The van der Waals surface area contributed by atoms with Crippen LogP contribution in [0.1, 0.15) is 22.3 Å². The van der Waals surface area contributed by atoms with Crippen molar-refractivity contribution in [2.75, 3.05) is 13.7 Å². The van der Waals surface area contributed by atoms with Crippen LogP contribution in [0.5, 0.6) is 17.2 Å². The first-order chi connectivity index (χ1) is 14.8. The fraction of sp³-hybridized carbons (Fsp3) is 0.409. The van der Waals surface area contributed by atoms with Crippen molar-refractivity contribution < 1.29 is 44.5 Å². The van der Waals surface area contributed by atoms with Gasteiger partial charge in [-0.25, -0.2) is 0 Å². The fourth-order valence-electron chi connectivity index (χ4n) is 3.30. The molecule has 1 aliphatic rings. The number of aliphatic hydroxyl groups excluding tert-OH is 4. The Kier molecular flexibility index (Phi) is 7.47. The Morgan fingerprint density at radius 2 is 1.74 bits per heavy atom. The summed E-state index contributed by atoms with van der Waals surface area (Å²) in [4.78, 5) is 12.9. The van der Waals surface area contributed by atoms with Gasteiger partial charge in [-0.1, -0.05) is 12.1 Å². The van der Waals surface area contributed by atoms with E-state index in [0.29, 0.717) is 12.2 Å². The highest BCUT2D eigenvalue weighted by Crippen LogP contribution is 2.30. The maximum Gasteiger partial charge on any atom is 0.229 e. The molecule has 5 atom stereocenters. The van der Waals surface area contributed by atoms with E-state index in [1.807, 2.05) is 0 Å². The lowest BCUT2D eigenvalue weighted by molar-refractivity contribution is -0.277. The summed E-state index contributed by atoms with van der Waals surface area (Å²) < 4.78 is 16.2. The molecule has 1 fully saturated rings. The van der Waals surface area contributed by atoms with Crippen molar-refractivity contribution in [3.63, 3.8) is 0 Å². The van der Waals surface area contributed by atoms with Gasteiger partial charge in [0.25, 0.3) is 0 Å². The highest BCUT2D eigenvalue weighted by molar-refractivity contribution is 5.99. The monoisotopic (exact) mass is 434 g/mol. The van der Waals surface area contributed by atoms with Crippen LogP contribution in [0.25, 0.3) is 0 Å². The molecular weight excluding hydrogens is 408 g/mol. The van der Waals surface area contributed by atoms with Gasteiger partial charge in [-0.2, -0.15) is 0 Å². The van der Waals surface area contributed by atoms with Gasteiger partial charge in [0, 0.05) is 12.5 Å². The third-order valence-corrected chi connectivity index (χ3v) is 5.16. The van der Waals surface area contributed by atoms with Gasteiger partial charge in [-0.05, 0) is 36.2 Å². The van der Waals surface area contributed by atoms with Crippen LogP contribution in [-0.2, 0) is 11.2 Å². The molecule has 1 heterocycles. The number of ether oxygens (including phenoxy) is 3. The largest absolute Gasteiger partial charge is 0.508 e. The average molecular weight is 434 g/mol. The Bertz CT molecular complexity index is 881. The van der Waals surface area contributed by atoms with Crippen molar-refractivity contribution >= 4 is 5.78 Å². The number of aliphatic hydroxyl groups is 4. The molecule has 1 saturated heterocycles. The van der Waals surface area contributed by atoms with E-state index in [0.717, 1.165) is 5.56 Å². The summed E-state index contributed by atoms with van der Waals surface area (Å²) in [6.07, 6.45) is -6.70. The van der Waals surface area contributed by atoms with E-state index in [-0.39, 0.29) is 29.3 Å². The van der Waals surface area contributed by atoms with Crippen LogP contribution in [0.3, 0.4) is 0 Å². The number of ketones is 1. The second-order valence-electron chi connectivity index (χ2n) is 7.27. The van der Waals surface area contributed by atoms with Gasteiger partial charge in [0.15, 0.2) is 5.78 Å². The molecule has 0 aliphatic carbocycles. The van der Waals surface area contributed by atoms with Crippen molar-refractivity contribution in [3.8, 4) is 17.2 Å². The van der Waals surface area contributed by atoms with Crippen LogP contribution < -0.4 is 9.47 Å². The Morgan fingerprint density at radius 3 is 2.39 bits per heavy atom. The molecule has 0 amide bonds. The first-order valence-electron chi connectivity index (χ1n) is 9.80. The first kappa shape index (κ1) is 23.0. The standard InChI is InChI=1S/C22H26O9/c1-29-14-7-8-15(16(25)9-4-12-2-5-13(24)6-3-12)17(10-14)30-22-21(28)20(27)19(26)18(11-23)31-22/h2-3,5-8,10,18-24,26-28H,4,9,11H2,1H3/t18-,19-,20+,21+,22-/m1/s1. The zero-order valence-electron chi connectivity index (χ0n) is 16.9. The SMILES string of the molecule is COc1ccc(C(=O)CCc2ccc(O)cc2)c(O[C@@H]2O[C@H](CO)[C@@H](O)[C@H](O)[C@@H]2O)c1. The summed E-state index contributed by atoms with van der Waals surface area (Å²) in [5.41, 5.74) is 1.09. The van der Waals surface area contributed by atoms with Crippen molar-refractivity contribution in [2.45, 2.75) is 43.5 Å². The van der Waals surface area contributed by atoms with E-state index in [4.69, 9.17) is 14.2 Å². The zero-order valence-corrected chi connectivity index (χ0v) is 16.9. The Labute approximate surface area is 179 Å². The van der Waals surface area contributed by atoms with Gasteiger partial charge in [-0.3, -0.25) is 4.79 Å². The summed E-state index contributed by atoms with van der Waals surface area (Å²) in [7, 11) is 1.44. The third-order valence-electron chi connectivity index (χ3n) is 5.16. The molecule has 0 spiro atoms. The number of phenols is 1. The lowest BCUT2D eigenvalue weighted by Gasteiger charge is -2.39. The van der Waals surface area contributed by atoms with Gasteiger partial charge in [0.05, 0.1) is 19.3 Å². The van der Waals surface area contributed by atoms with Gasteiger partial charge >= 0.3 is 0 Å². The molecule has 1 aliphatic heterocycles. The fourth-order valence-corrected chi connectivity index (χ4v) is 3.30. The second kappa shape index (κ2) is 10.1. The van der Waals surface area contributed by atoms with E-state index < -0.39 is 37.3 Å². The molecule has 31 heavy (non-hydrogen) atoms. The van der Waals surface area contributed by atoms with Crippen molar-refractivity contribution in [1.82, 2.24) is 0 Å². The van der Waals surface area contributed by atoms with Crippen molar-refractivity contribution in [3.05, 3.63) is 53.6 Å². The van der Waals surface area contributed by atoms with Crippen LogP contribution in [0, 0.1) is 0 Å². The second-order valence-corrected chi connectivity index (χ2v) is 7.27. The molecule has 5 N–H and O–H groups in total. The van der Waals surface area contributed by atoms with Crippen LogP contribution in [0.4, 0.5) is 0 Å². The van der Waals surface area contributed by atoms with Gasteiger partial charge in [-0.15, -0.1) is 0 Å². The maximum atomic E-state index is 12.9. The van der Waals surface area contributed by atoms with E-state index in [2.05, 4.69) is 0 Å². The van der Waals surface area contributed by atoms with Crippen LogP contribution in [0.15, 0.2) is 42.5 Å². The van der Waals surface area contributed by atoms with Crippen LogP contribution in [-0.4, -0.2) is 75.7 Å². The van der Waals surface area contributed by atoms with Crippen molar-refractivity contribution in [1.29, 1.82) is 0 Å². The van der Waals surface area contributed by atoms with Crippen LogP contribution in [0.2, 0.25) is 0 Å². The summed E-state index contributed by atoms with van der Waals surface area (Å²) in [6.45, 7) is -0.596. The number of aryl methyl sites for hydroxylation is 1. The summed E-state index contributed by atoms with van der Waals surface area (Å²) in [6, 6.07) is 11.1. The molecule has 168 valence electrons. The molecular formula is C22H26O9. The van der Waals surface area contributed by atoms with E-state index in [9.17, 15) is 30.3 Å². The third kappa shape index (κ3) is 5.33. The predicted molar refractivity (Wildman–Crippen MR) is 108 cm³/mol. The number of carbonyl (C=O) groups is 1. The van der Waals surface area contributed by atoms with Gasteiger partial charge in [0.2, 0.25) is 6.29 Å². The van der Waals surface area contributed by atoms with E-state index in [1.54, 1.807) is 30.3 Å². The number of hydrogen-bond donors (Lipinski definition) is 5. The lowest BCUT2D eigenvalue weighted by Crippen LogP contribution is -2.60. The van der Waals surface area contributed by atoms with Gasteiger partial charge < -0.3 is 39.7 Å². The quantitative estimate of drug-likeness (QED) is 0.373. The molecule has 0 saturated carbocycles. The number of aromatic hydroxyl groups is 1. The predicted octanol–water partition coefficient (Wildman–Crippen LogP) is 0.395. The zero-order chi connectivity index (χ0) is 22.5. The summed E-state index contributed by atoms with van der Waals surface area (Å²) in [5, 5.41) is 48.8. The highest BCUT2D eigenvalue weighted by atomic mass is 16.7. The lowest BCUT2D eigenvalue weighted by atomic mass is 9.99. The summed E-state index contributed by atoms with van der Waals surface area (Å²) >= 11 is 0. The van der Waals surface area contributed by atoms with Crippen molar-refractivity contribution in [2.24, 2.45) is 0 Å². The van der Waals surface area contributed by atoms with Gasteiger partial charge in [0.1, 0.15) is 41.7 Å². The number of carbonyl (C=O) groups excluding carboxylic acids is 1. The Balaban J connectivity index is 1.79. The number of Topliss-reactive ketones (excluding diaryl/α,β-unsaturated/α-hetero) is 1. The highest BCUT2D eigenvalue weighted by Gasteiger charge is 2.45. The molecule has 0 bridgehead atoms. The molecule has 0 radical (unpaired) electrons.